The standard InChI is InChI=1S/C22H17F2N5O/c23-18-11-15(13-25)12-19(24)17(18)10-14-4-8-29(9-5-14)22(30)28-20-3-7-27-21-16(20)2-1-6-26-21/h1-3,6-7,10-12H,4-5,8-9H2,(H,26,27,28,30). The number of urea groups is 1. The van der Waals surface area contributed by atoms with E-state index in [2.05, 4.69) is 15.3 Å². The number of carbonyl (C=O) groups excluding carboxylic acids is 1. The van der Waals surface area contributed by atoms with E-state index in [0.29, 0.717) is 37.3 Å². The van der Waals surface area contributed by atoms with Crippen LogP contribution >= 0.6 is 0 Å². The molecule has 3 aromatic rings. The lowest BCUT2D eigenvalue weighted by atomic mass is 10.00. The molecular formula is C22H17F2N5O. The van der Waals surface area contributed by atoms with Gasteiger partial charge in [-0.25, -0.2) is 23.5 Å². The first-order valence-electron chi connectivity index (χ1n) is 9.39. The number of hydrogen-bond acceptors (Lipinski definition) is 4. The molecule has 1 N–H and O–H groups in total. The molecule has 8 heteroatoms. The average Bonchev–Trinajstić information content (AvgIpc) is 2.76. The van der Waals surface area contributed by atoms with Crippen LogP contribution in [0.15, 0.2) is 48.3 Å². The van der Waals surface area contributed by atoms with Gasteiger partial charge in [0.2, 0.25) is 0 Å². The fourth-order valence-electron chi connectivity index (χ4n) is 3.42. The summed E-state index contributed by atoms with van der Waals surface area (Å²) in [6.07, 6.45) is 5.71. The number of amides is 2. The molecule has 1 aliphatic rings. The molecule has 0 atom stereocenters. The van der Waals surface area contributed by atoms with Gasteiger partial charge >= 0.3 is 6.03 Å². The summed E-state index contributed by atoms with van der Waals surface area (Å²) in [5.74, 6) is -1.53. The first-order valence-corrected chi connectivity index (χ1v) is 9.39. The molecule has 3 heterocycles. The molecule has 4 rings (SSSR count). The zero-order valence-corrected chi connectivity index (χ0v) is 15.9. The number of piperidine rings is 1. The zero-order valence-electron chi connectivity index (χ0n) is 15.9. The molecule has 0 saturated carbocycles. The van der Waals surface area contributed by atoms with Crippen molar-refractivity contribution in [2.45, 2.75) is 12.8 Å². The van der Waals surface area contributed by atoms with Crippen LogP contribution in [0.3, 0.4) is 0 Å². The van der Waals surface area contributed by atoms with Crippen molar-refractivity contribution in [3.05, 3.63) is 71.1 Å². The Morgan fingerprint density at radius 2 is 1.83 bits per heavy atom. The molecule has 2 aromatic heterocycles. The van der Waals surface area contributed by atoms with E-state index in [9.17, 15) is 13.6 Å². The molecule has 30 heavy (non-hydrogen) atoms. The van der Waals surface area contributed by atoms with Gasteiger partial charge in [-0.1, -0.05) is 5.57 Å². The van der Waals surface area contributed by atoms with E-state index in [1.54, 1.807) is 35.5 Å². The van der Waals surface area contributed by atoms with Gasteiger partial charge in [-0.15, -0.1) is 0 Å². The Morgan fingerprint density at radius 1 is 1.13 bits per heavy atom. The highest BCUT2D eigenvalue weighted by molar-refractivity contribution is 5.99. The lowest BCUT2D eigenvalue weighted by Gasteiger charge is -2.28. The van der Waals surface area contributed by atoms with Crippen molar-refractivity contribution in [1.29, 1.82) is 5.26 Å². The number of likely N-dealkylation sites (tertiary alicyclic amines) is 1. The molecule has 0 aliphatic carbocycles. The van der Waals surface area contributed by atoms with Crippen LogP contribution in [0.1, 0.15) is 24.0 Å². The number of nitrogens with zero attached hydrogens (tertiary/aromatic N) is 4. The number of aromatic nitrogens is 2. The smallest absolute Gasteiger partial charge is 0.321 e. The minimum atomic E-state index is -0.766. The fourth-order valence-corrected chi connectivity index (χ4v) is 3.42. The number of halogens is 2. The van der Waals surface area contributed by atoms with Crippen molar-refractivity contribution in [1.82, 2.24) is 14.9 Å². The third kappa shape index (κ3) is 3.96. The molecule has 2 amide bonds. The lowest BCUT2D eigenvalue weighted by molar-refractivity contribution is 0.208. The minimum absolute atomic E-state index is 0.0579. The molecule has 1 aliphatic heterocycles. The summed E-state index contributed by atoms with van der Waals surface area (Å²) in [6, 6.07) is 8.85. The fraction of sp³-hybridized carbons (Fsp3) is 0.182. The lowest BCUT2D eigenvalue weighted by Crippen LogP contribution is -2.39. The average molecular weight is 405 g/mol. The summed E-state index contributed by atoms with van der Waals surface area (Å²) >= 11 is 0. The van der Waals surface area contributed by atoms with Crippen molar-refractivity contribution in [3.63, 3.8) is 0 Å². The Labute approximate surface area is 171 Å². The molecule has 1 aromatic carbocycles. The summed E-state index contributed by atoms with van der Waals surface area (Å²) in [5.41, 5.74) is 1.81. The van der Waals surface area contributed by atoms with Crippen LogP contribution < -0.4 is 5.32 Å². The second-order valence-electron chi connectivity index (χ2n) is 6.92. The molecular weight excluding hydrogens is 388 g/mol. The molecule has 0 radical (unpaired) electrons. The van der Waals surface area contributed by atoms with Crippen LogP contribution in [0.4, 0.5) is 19.3 Å². The molecule has 0 bridgehead atoms. The number of pyridine rings is 2. The third-order valence-electron chi connectivity index (χ3n) is 5.01. The van der Waals surface area contributed by atoms with Gasteiger partial charge in [-0.3, -0.25) is 0 Å². The molecule has 0 spiro atoms. The molecule has 1 saturated heterocycles. The number of carbonyl (C=O) groups is 1. The van der Waals surface area contributed by atoms with Gasteiger partial charge in [-0.05, 0) is 49.2 Å². The summed E-state index contributed by atoms with van der Waals surface area (Å²) in [4.78, 5) is 22.7. The van der Waals surface area contributed by atoms with Gasteiger partial charge in [0, 0.05) is 36.4 Å². The predicted octanol–water partition coefficient (Wildman–Crippen LogP) is 4.49. The first kappa shape index (κ1) is 19.5. The van der Waals surface area contributed by atoms with Crippen molar-refractivity contribution >= 4 is 28.8 Å². The van der Waals surface area contributed by atoms with E-state index in [0.717, 1.165) is 23.1 Å². The highest BCUT2D eigenvalue weighted by Gasteiger charge is 2.21. The van der Waals surface area contributed by atoms with Gasteiger partial charge in [-0.2, -0.15) is 5.26 Å². The maximum absolute atomic E-state index is 14.1. The van der Waals surface area contributed by atoms with E-state index >= 15 is 0 Å². The van der Waals surface area contributed by atoms with E-state index in [1.165, 1.54) is 6.08 Å². The molecule has 1 fully saturated rings. The van der Waals surface area contributed by atoms with Gasteiger partial charge in [0.05, 0.1) is 17.3 Å². The maximum Gasteiger partial charge on any atom is 0.321 e. The number of benzene rings is 1. The van der Waals surface area contributed by atoms with Crippen molar-refractivity contribution in [2.75, 3.05) is 18.4 Å². The van der Waals surface area contributed by atoms with Crippen molar-refractivity contribution in [3.8, 4) is 6.07 Å². The predicted molar refractivity (Wildman–Crippen MR) is 108 cm³/mol. The van der Waals surface area contributed by atoms with Crippen LogP contribution in [0, 0.1) is 23.0 Å². The van der Waals surface area contributed by atoms with Crippen LogP contribution in [-0.2, 0) is 0 Å². The number of nitrogens with one attached hydrogen (secondary N) is 1. The van der Waals surface area contributed by atoms with Gasteiger partial charge in [0.1, 0.15) is 11.6 Å². The number of nitriles is 1. The van der Waals surface area contributed by atoms with Crippen LogP contribution in [0.2, 0.25) is 0 Å². The Hall–Kier alpha value is -3.86. The number of fused-ring (bicyclic) bond motifs is 1. The highest BCUT2D eigenvalue weighted by Crippen LogP contribution is 2.25. The van der Waals surface area contributed by atoms with E-state index in [4.69, 9.17) is 5.26 Å². The minimum Gasteiger partial charge on any atom is -0.324 e. The van der Waals surface area contributed by atoms with Crippen LogP contribution in [0.5, 0.6) is 0 Å². The van der Waals surface area contributed by atoms with Crippen molar-refractivity contribution < 1.29 is 13.6 Å². The molecule has 6 nitrogen and oxygen atoms in total. The quantitative estimate of drug-likeness (QED) is 0.681. The monoisotopic (exact) mass is 405 g/mol. The zero-order chi connectivity index (χ0) is 21.1. The summed E-state index contributed by atoms with van der Waals surface area (Å²) in [6.45, 7) is 0.858. The first-order chi connectivity index (χ1) is 14.5. The third-order valence-corrected chi connectivity index (χ3v) is 5.01. The Balaban J connectivity index is 1.44. The van der Waals surface area contributed by atoms with Gasteiger partial charge in [0.15, 0.2) is 5.65 Å². The van der Waals surface area contributed by atoms with Gasteiger partial charge < -0.3 is 10.2 Å². The van der Waals surface area contributed by atoms with Crippen molar-refractivity contribution in [2.24, 2.45) is 0 Å². The van der Waals surface area contributed by atoms with Gasteiger partial charge in [0.25, 0.3) is 0 Å². The highest BCUT2D eigenvalue weighted by atomic mass is 19.1. The topological polar surface area (TPSA) is 81.9 Å². The number of hydrogen-bond donors (Lipinski definition) is 1. The Bertz CT molecular complexity index is 1160. The number of anilines is 1. The number of rotatable bonds is 2. The normalized spacial score (nSPS) is 13.8. The Morgan fingerprint density at radius 3 is 2.53 bits per heavy atom. The largest absolute Gasteiger partial charge is 0.324 e. The summed E-state index contributed by atoms with van der Waals surface area (Å²) in [7, 11) is 0. The summed E-state index contributed by atoms with van der Waals surface area (Å²) in [5, 5.41) is 12.4. The second kappa shape index (κ2) is 8.25. The van der Waals surface area contributed by atoms with Crippen LogP contribution in [0.25, 0.3) is 17.1 Å². The van der Waals surface area contributed by atoms with E-state index in [-0.39, 0.29) is 17.2 Å². The molecule has 0 unspecified atom stereocenters. The SMILES string of the molecule is N#Cc1cc(F)c(C=C2CCN(C(=O)Nc3ccnc4ncccc34)CC2)c(F)c1. The maximum atomic E-state index is 14.1. The second-order valence-corrected chi connectivity index (χ2v) is 6.92. The van der Waals surface area contributed by atoms with E-state index in [1.807, 2.05) is 6.07 Å². The van der Waals surface area contributed by atoms with Crippen LogP contribution in [-0.4, -0.2) is 34.0 Å². The molecule has 150 valence electrons. The Kier molecular flexibility index (Phi) is 5.35. The van der Waals surface area contributed by atoms with E-state index < -0.39 is 11.6 Å². The summed E-state index contributed by atoms with van der Waals surface area (Å²) < 4.78 is 28.2.